The van der Waals surface area contributed by atoms with Crippen LogP contribution < -0.4 is 5.43 Å². The maximum atomic E-state index is 13.1. The van der Waals surface area contributed by atoms with E-state index in [4.69, 9.17) is 0 Å². The number of fused-ring (bicyclic) bond motifs is 1. The first-order valence-corrected chi connectivity index (χ1v) is 6.78. The summed E-state index contributed by atoms with van der Waals surface area (Å²) in [5.74, 6) is -0.901. The van der Waals surface area contributed by atoms with Crippen LogP contribution in [0.1, 0.15) is 15.9 Å². The van der Waals surface area contributed by atoms with E-state index in [9.17, 15) is 9.18 Å². The Morgan fingerprint density at radius 1 is 1.23 bits per heavy atom. The van der Waals surface area contributed by atoms with Gasteiger partial charge in [-0.3, -0.25) is 4.79 Å². The summed E-state index contributed by atoms with van der Waals surface area (Å²) in [6, 6.07) is 13.4. The zero-order chi connectivity index (χ0) is 15.5. The largest absolute Gasteiger partial charge is 0.350 e. The number of amides is 1. The SMILES string of the molecule is Cn1cc(/C=N/NC(=O)c2cccc(F)c2)c2ccccc21. The highest BCUT2D eigenvalue weighted by Gasteiger charge is 2.06. The van der Waals surface area contributed by atoms with E-state index in [0.29, 0.717) is 0 Å². The van der Waals surface area contributed by atoms with Crippen LogP contribution >= 0.6 is 0 Å². The van der Waals surface area contributed by atoms with Crippen molar-refractivity contribution in [2.75, 3.05) is 0 Å². The number of hydrogen-bond acceptors (Lipinski definition) is 2. The lowest BCUT2D eigenvalue weighted by atomic mass is 10.2. The molecule has 0 spiro atoms. The molecule has 1 heterocycles. The number of nitrogens with one attached hydrogen (secondary N) is 1. The van der Waals surface area contributed by atoms with Crippen LogP contribution in [0.25, 0.3) is 10.9 Å². The Kier molecular flexibility index (Phi) is 3.70. The van der Waals surface area contributed by atoms with Gasteiger partial charge in [0.15, 0.2) is 0 Å². The maximum Gasteiger partial charge on any atom is 0.271 e. The minimum absolute atomic E-state index is 0.232. The highest BCUT2D eigenvalue weighted by molar-refractivity contribution is 6.00. The van der Waals surface area contributed by atoms with Crippen molar-refractivity contribution in [3.63, 3.8) is 0 Å². The topological polar surface area (TPSA) is 46.4 Å². The highest BCUT2D eigenvalue weighted by Crippen LogP contribution is 2.18. The first-order chi connectivity index (χ1) is 10.6. The van der Waals surface area contributed by atoms with Crippen LogP contribution in [-0.2, 0) is 7.05 Å². The summed E-state index contributed by atoms with van der Waals surface area (Å²) in [6.45, 7) is 0. The molecule has 1 aromatic heterocycles. The summed E-state index contributed by atoms with van der Waals surface area (Å²) in [6.07, 6.45) is 3.52. The molecule has 0 aliphatic heterocycles. The normalized spacial score (nSPS) is 11.2. The number of nitrogens with zero attached hydrogens (tertiary/aromatic N) is 2. The van der Waals surface area contributed by atoms with Crippen molar-refractivity contribution in [2.24, 2.45) is 12.1 Å². The van der Waals surface area contributed by atoms with Crippen LogP contribution in [0.5, 0.6) is 0 Å². The number of halogens is 1. The second-order valence-electron chi connectivity index (χ2n) is 4.92. The van der Waals surface area contributed by atoms with Gasteiger partial charge in [0.25, 0.3) is 5.91 Å². The predicted molar refractivity (Wildman–Crippen MR) is 84.4 cm³/mol. The lowest BCUT2D eigenvalue weighted by Gasteiger charge is -1.99. The number of rotatable bonds is 3. The molecule has 0 radical (unpaired) electrons. The number of para-hydroxylation sites is 1. The van der Waals surface area contributed by atoms with Gasteiger partial charge in [0.1, 0.15) is 5.82 Å². The fourth-order valence-electron chi connectivity index (χ4n) is 2.33. The van der Waals surface area contributed by atoms with Gasteiger partial charge in [-0.05, 0) is 24.3 Å². The molecule has 0 fully saturated rings. The molecule has 2 aromatic carbocycles. The Morgan fingerprint density at radius 3 is 2.86 bits per heavy atom. The number of aromatic nitrogens is 1. The third-order valence-electron chi connectivity index (χ3n) is 3.38. The fraction of sp³-hybridized carbons (Fsp3) is 0.0588. The highest BCUT2D eigenvalue weighted by atomic mass is 19.1. The first-order valence-electron chi connectivity index (χ1n) is 6.78. The number of hydrazone groups is 1. The van der Waals surface area contributed by atoms with Gasteiger partial charge in [0.05, 0.1) is 6.21 Å². The van der Waals surface area contributed by atoms with Gasteiger partial charge in [-0.15, -0.1) is 0 Å². The molecule has 0 aliphatic rings. The van der Waals surface area contributed by atoms with E-state index in [1.54, 1.807) is 6.21 Å². The lowest BCUT2D eigenvalue weighted by Crippen LogP contribution is -2.17. The molecular weight excluding hydrogens is 281 g/mol. The van der Waals surface area contributed by atoms with E-state index in [-0.39, 0.29) is 5.56 Å². The number of carbonyl (C=O) groups excluding carboxylic acids is 1. The molecule has 1 amide bonds. The minimum atomic E-state index is -0.453. The van der Waals surface area contributed by atoms with E-state index in [1.807, 2.05) is 42.1 Å². The van der Waals surface area contributed by atoms with E-state index < -0.39 is 11.7 Å². The third kappa shape index (κ3) is 2.74. The standard InChI is InChI=1S/C17H14FN3O/c1-21-11-13(15-7-2-3-8-16(15)21)10-19-20-17(22)12-5-4-6-14(18)9-12/h2-11H,1H3,(H,20,22)/b19-10+. The monoisotopic (exact) mass is 295 g/mol. The average Bonchev–Trinajstić information content (AvgIpc) is 2.84. The van der Waals surface area contributed by atoms with Gasteiger partial charge < -0.3 is 4.57 Å². The number of aryl methyl sites for hydroxylation is 1. The van der Waals surface area contributed by atoms with Crippen LogP contribution in [0.2, 0.25) is 0 Å². The van der Waals surface area contributed by atoms with Crippen molar-refractivity contribution in [1.82, 2.24) is 9.99 Å². The number of benzene rings is 2. The van der Waals surface area contributed by atoms with Crippen molar-refractivity contribution >= 4 is 23.0 Å². The number of carbonyl (C=O) groups is 1. The molecule has 22 heavy (non-hydrogen) atoms. The molecule has 3 aromatic rings. The van der Waals surface area contributed by atoms with E-state index in [1.165, 1.54) is 24.3 Å². The van der Waals surface area contributed by atoms with Crippen LogP contribution in [0, 0.1) is 5.82 Å². The Hall–Kier alpha value is -2.95. The summed E-state index contributed by atoms with van der Waals surface area (Å²) in [7, 11) is 1.95. The summed E-state index contributed by atoms with van der Waals surface area (Å²) in [5.41, 5.74) is 4.62. The summed E-state index contributed by atoms with van der Waals surface area (Å²) in [5, 5.41) is 5.00. The Morgan fingerprint density at radius 2 is 2.05 bits per heavy atom. The van der Waals surface area contributed by atoms with E-state index in [2.05, 4.69) is 10.5 Å². The Labute approximate surface area is 126 Å². The van der Waals surface area contributed by atoms with Gasteiger partial charge in [-0.1, -0.05) is 24.3 Å². The van der Waals surface area contributed by atoms with Crippen LogP contribution in [0.4, 0.5) is 4.39 Å². The Balaban J connectivity index is 1.78. The van der Waals surface area contributed by atoms with E-state index >= 15 is 0 Å². The molecule has 0 bridgehead atoms. The Bertz CT molecular complexity index is 867. The van der Waals surface area contributed by atoms with Gasteiger partial charge in [0, 0.05) is 35.3 Å². The van der Waals surface area contributed by atoms with Crippen molar-refractivity contribution in [3.8, 4) is 0 Å². The molecule has 5 heteroatoms. The second kappa shape index (κ2) is 5.81. The smallest absolute Gasteiger partial charge is 0.271 e. The lowest BCUT2D eigenvalue weighted by molar-refractivity contribution is 0.0954. The van der Waals surface area contributed by atoms with Gasteiger partial charge >= 0.3 is 0 Å². The molecule has 0 atom stereocenters. The van der Waals surface area contributed by atoms with Crippen molar-refractivity contribution in [2.45, 2.75) is 0 Å². The van der Waals surface area contributed by atoms with Crippen LogP contribution in [0.15, 0.2) is 59.8 Å². The van der Waals surface area contributed by atoms with Crippen molar-refractivity contribution in [1.29, 1.82) is 0 Å². The number of hydrogen-bond donors (Lipinski definition) is 1. The van der Waals surface area contributed by atoms with Crippen molar-refractivity contribution in [3.05, 3.63) is 71.7 Å². The van der Waals surface area contributed by atoms with Gasteiger partial charge in [0.2, 0.25) is 0 Å². The molecule has 1 N–H and O–H groups in total. The fourth-order valence-corrected chi connectivity index (χ4v) is 2.33. The van der Waals surface area contributed by atoms with Crippen molar-refractivity contribution < 1.29 is 9.18 Å². The summed E-state index contributed by atoms with van der Waals surface area (Å²) >= 11 is 0. The zero-order valence-electron chi connectivity index (χ0n) is 12.0. The molecule has 4 nitrogen and oxygen atoms in total. The van der Waals surface area contributed by atoms with Gasteiger partial charge in [-0.2, -0.15) is 5.10 Å². The van der Waals surface area contributed by atoms with Gasteiger partial charge in [-0.25, -0.2) is 9.82 Å². The predicted octanol–water partition coefficient (Wildman–Crippen LogP) is 3.08. The second-order valence-corrected chi connectivity index (χ2v) is 4.92. The van der Waals surface area contributed by atoms with Crippen LogP contribution in [-0.4, -0.2) is 16.7 Å². The maximum absolute atomic E-state index is 13.1. The molecule has 0 saturated heterocycles. The summed E-state index contributed by atoms with van der Waals surface area (Å²) < 4.78 is 15.1. The summed E-state index contributed by atoms with van der Waals surface area (Å²) in [4.78, 5) is 11.9. The quantitative estimate of drug-likeness (QED) is 0.586. The molecule has 3 rings (SSSR count). The minimum Gasteiger partial charge on any atom is -0.350 e. The zero-order valence-corrected chi connectivity index (χ0v) is 12.0. The molecule has 0 unspecified atom stereocenters. The first kappa shape index (κ1) is 14.0. The molecule has 110 valence electrons. The molecule has 0 saturated carbocycles. The average molecular weight is 295 g/mol. The van der Waals surface area contributed by atoms with Crippen LogP contribution in [0.3, 0.4) is 0 Å². The third-order valence-corrected chi connectivity index (χ3v) is 3.38. The molecule has 0 aliphatic carbocycles. The molecular formula is C17H14FN3O. The van der Waals surface area contributed by atoms with E-state index in [0.717, 1.165) is 16.5 Å².